The van der Waals surface area contributed by atoms with E-state index in [0.717, 1.165) is 22.3 Å². The first-order chi connectivity index (χ1) is 29.0. The molecule has 0 aliphatic rings. The van der Waals surface area contributed by atoms with Gasteiger partial charge in [-0.1, -0.05) is 72.8 Å². The summed E-state index contributed by atoms with van der Waals surface area (Å²) in [6.45, 7) is 0. The van der Waals surface area contributed by atoms with Crippen molar-refractivity contribution in [1.29, 1.82) is 0 Å². The fourth-order valence-corrected chi connectivity index (χ4v) is 6.42. The number of aromatic carboxylic acids is 4. The zero-order chi connectivity index (χ0) is 41.9. The highest BCUT2D eigenvalue weighted by atomic mass is 16.4. The van der Waals surface area contributed by atoms with Gasteiger partial charge in [0, 0.05) is 0 Å². The van der Waals surface area contributed by atoms with E-state index in [0.29, 0.717) is 56.7 Å². The summed E-state index contributed by atoms with van der Waals surface area (Å²) in [5, 5.41) is 38.3. The third-order valence-electron chi connectivity index (χ3n) is 9.34. The Hall–Kier alpha value is -8.78. The molecule has 8 rings (SSSR count). The molecule has 0 aliphatic carbocycles. The lowest BCUT2D eigenvalue weighted by Crippen LogP contribution is -2.03. The quantitative estimate of drug-likeness (QED) is 0.0963. The van der Waals surface area contributed by atoms with Gasteiger partial charge in [-0.15, -0.1) is 0 Å². The van der Waals surface area contributed by atoms with Gasteiger partial charge in [0.05, 0.1) is 45.6 Å². The lowest BCUT2D eigenvalue weighted by Gasteiger charge is -2.12. The van der Waals surface area contributed by atoms with Gasteiger partial charge in [-0.2, -0.15) is 0 Å². The van der Waals surface area contributed by atoms with Crippen molar-refractivity contribution in [3.05, 3.63) is 168 Å². The Morgan fingerprint density at radius 1 is 0.267 bits per heavy atom. The SMILES string of the molecule is O=C(O)c1cccc(-c2cc(-c3ccc(-c4ccc(-c5cc(-c6cccc(C(=O)O)n6)nc(-c6cccc(C(=O)O)n6)c5)cc4)cc3)cc(-c3cccc(C(=O)O)n3)n2)n1. The number of aromatic nitrogens is 6. The molecule has 60 heavy (non-hydrogen) atoms. The van der Waals surface area contributed by atoms with Crippen LogP contribution in [-0.4, -0.2) is 74.2 Å². The van der Waals surface area contributed by atoms with E-state index in [1.807, 2.05) is 48.5 Å². The van der Waals surface area contributed by atoms with Crippen LogP contribution in [0.2, 0.25) is 0 Å². The standard InChI is InChI=1S/C46H28N6O8/c53-43(54)35-9-1-5-31(47-35)39-21-29(22-40(51-39)32-6-2-10-36(48-32)44(55)56)27-17-13-25(14-18-27)26-15-19-28(20-16-26)30-23-41(33-7-3-11-37(49-33)45(57)58)52-42(24-30)34-8-4-12-38(50-34)46(59)60/h1-24H,(H,53,54)(H,55,56)(H,57,58)(H,59,60). The molecule has 2 aromatic carbocycles. The zero-order valence-corrected chi connectivity index (χ0v) is 31.0. The fourth-order valence-electron chi connectivity index (χ4n) is 6.42. The molecular weight excluding hydrogens is 765 g/mol. The summed E-state index contributed by atoms with van der Waals surface area (Å²) >= 11 is 0. The highest BCUT2D eigenvalue weighted by Crippen LogP contribution is 2.33. The molecule has 8 aromatic rings. The van der Waals surface area contributed by atoms with E-state index in [1.165, 1.54) is 24.3 Å². The number of pyridine rings is 6. The van der Waals surface area contributed by atoms with Crippen LogP contribution >= 0.6 is 0 Å². The third-order valence-corrected chi connectivity index (χ3v) is 9.34. The Morgan fingerprint density at radius 3 is 0.700 bits per heavy atom. The van der Waals surface area contributed by atoms with Crippen molar-refractivity contribution in [2.45, 2.75) is 0 Å². The number of rotatable bonds is 11. The monoisotopic (exact) mass is 792 g/mol. The molecule has 4 N–H and O–H groups in total. The Morgan fingerprint density at radius 2 is 0.483 bits per heavy atom. The van der Waals surface area contributed by atoms with Gasteiger partial charge in [-0.25, -0.2) is 49.1 Å². The van der Waals surface area contributed by atoms with Gasteiger partial charge in [0.2, 0.25) is 0 Å². The fraction of sp³-hybridized carbons (Fsp3) is 0. The van der Waals surface area contributed by atoms with Gasteiger partial charge in [0.1, 0.15) is 22.8 Å². The van der Waals surface area contributed by atoms with E-state index in [9.17, 15) is 39.6 Å². The van der Waals surface area contributed by atoms with Crippen molar-refractivity contribution < 1.29 is 39.6 Å². The number of hydrogen-bond acceptors (Lipinski definition) is 10. The van der Waals surface area contributed by atoms with Crippen LogP contribution in [-0.2, 0) is 0 Å². The van der Waals surface area contributed by atoms with Crippen LogP contribution in [0, 0.1) is 0 Å². The van der Waals surface area contributed by atoms with Crippen LogP contribution in [0.1, 0.15) is 42.0 Å². The lowest BCUT2D eigenvalue weighted by atomic mass is 9.97. The Kier molecular flexibility index (Phi) is 10.2. The van der Waals surface area contributed by atoms with Crippen molar-refractivity contribution in [3.8, 4) is 78.9 Å². The molecule has 0 bridgehead atoms. The van der Waals surface area contributed by atoms with Crippen LogP contribution in [0.15, 0.2) is 146 Å². The topological polar surface area (TPSA) is 227 Å². The summed E-state index contributed by atoms with van der Waals surface area (Å²) in [4.78, 5) is 73.3. The summed E-state index contributed by atoms with van der Waals surface area (Å²) in [6.07, 6.45) is 0. The minimum atomic E-state index is -1.19. The summed E-state index contributed by atoms with van der Waals surface area (Å²) < 4.78 is 0. The summed E-state index contributed by atoms with van der Waals surface area (Å²) in [7, 11) is 0. The molecule has 0 saturated carbocycles. The number of nitrogens with zero attached hydrogens (tertiary/aromatic N) is 6. The van der Waals surface area contributed by atoms with E-state index in [4.69, 9.17) is 9.97 Å². The van der Waals surface area contributed by atoms with Crippen molar-refractivity contribution >= 4 is 23.9 Å². The number of benzene rings is 2. The van der Waals surface area contributed by atoms with Crippen LogP contribution in [0.3, 0.4) is 0 Å². The van der Waals surface area contributed by atoms with E-state index in [2.05, 4.69) is 19.9 Å². The van der Waals surface area contributed by atoms with E-state index in [1.54, 1.807) is 72.8 Å². The first-order valence-corrected chi connectivity index (χ1v) is 18.1. The van der Waals surface area contributed by atoms with Crippen molar-refractivity contribution in [2.24, 2.45) is 0 Å². The highest BCUT2D eigenvalue weighted by Gasteiger charge is 2.17. The molecule has 0 spiro atoms. The van der Waals surface area contributed by atoms with Gasteiger partial charge in [0.25, 0.3) is 0 Å². The van der Waals surface area contributed by atoms with Crippen LogP contribution in [0.5, 0.6) is 0 Å². The smallest absolute Gasteiger partial charge is 0.354 e. The third kappa shape index (κ3) is 8.05. The van der Waals surface area contributed by atoms with E-state index >= 15 is 0 Å². The minimum absolute atomic E-state index is 0.155. The summed E-state index contributed by atoms with van der Waals surface area (Å²) in [5.41, 5.74) is 6.89. The van der Waals surface area contributed by atoms with E-state index in [-0.39, 0.29) is 22.8 Å². The summed E-state index contributed by atoms with van der Waals surface area (Å²) in [6, 6.07) is 41.0. The summed E-state index contributed by atoms with van der Waals surface area (Å²) in [5.74, 6) is -4.76. The number of carboxylic acid groups (broad SMARTS) is 4. The van der Waals surface area contributed by atoms with E-state index < -0.39 is 23.9 Å². The molecule has 14 nitrogen and oxygen atoms in total. The zero-order valence-electron chi connectivity index (χ0n) is 31.0. The molecule has 290 valence electrons. The maximum Gasteiger partial charge on any atom is 0.354 e. The number of hydrogen-bond donors (Lipinski definition) is 4. The molecule has 0 saturated heterocycles. The van der Waals surface area contributed by atoms with Crippen molar-refractivity contribution in [3.63, 3.8) is 0 Å². The predicted molar refractivity (Wildman–Crippen MR) is 219 cm³/mol. The van der Waals surface area contributed by atoms with Gasteiger partial charge in [0.15, 0.2) is 0 Å². The van der Waals surface area contributed by atoms with Crippen LogP contribution in [0.4, 0.5) is 0 Å². The second-order valence-corrected chi connectivity index (χ2v) is 13.3. The Labute approximate surface area is 339 Å². The van der Waals surface area contributed by atoms with Crippen LogP contribution in [0.25, 0.3) is 78.9 Å². The van der Waals surface area contributed by atoms with Gasteiger partial charge in [-0.05, 0) is 106 Å². The van der Waals surface area contributed by atoms with Gasteiger partial charge >= 0.3 is 23.9 Å². The molecule has 0 amide bonds. The first-order valence-electron chi connectivity index (χ1n) is 18.1. The second kappa shape index (κ2) is 16.0. The first kappa shape index (κ1) is 38.1. The van der Waals surface area contributed by atoms with Crippen molar-refractivity contribution in [1.82, 2.24) is 29.9 Å². The normalized spacial score (nSPS) is 10.9. The molecule has 0 fully saturated rings. The Bertz CT molecular complexity index is 2650. The molecule has 0 atom stereocenters. The second-order valence-electron chi connectivity index (χ2n) is 13.3. The van der Waals surface area contributed by atoms with Crippen LogP contribution < -0.4 is 0 Å². The minimum Gasteiger partial charge on any atom is -0.477 e. The molecule has 6 aromatic heterocycles. The largest absolute Gasteiger partial charge is 0.477 e. The number of carboxylic acids is 4. The van der Waals surface area contributed by atoms with Crippen molar-refractivity contribution in [2.75, 3.05) is 0 Å². The molecule has 6 heterocycles. The lowest BCUT2D eigenvalue weighted by molar-refractivity contribution is 0.0680. The molecular formula is C46H28N6O8. The van der Waals surface area contributed by atoms with Gasteiger partial charge < -0.3 is 20.4 Å². The molecule has 14 heteroatoms. The average Bonchev–Trinajstić information content (AvgIpc) is 3.29. The molecule has 0 unspecified atom stereocenters. The maximum atomic E-state index is 11.7. The average molecular weight is 793 g/mol. The predicted octanol–water partition coefficient (Wildman–Crippen LogP) is 8.52. The maximum absolute atomic E-state index is 11.7. The Balaban J connectivity index is 1.14. The highest BCUT2D eigenvalue weighted by molar-refractivity contribution is 5.89. The van der Waals surface area contributed by atoms with Gasteiger partial charge in [-0.3, -0.25) is 0 Å². The molecule has 0 radical (unpaired) electrons. The number of carbonyl (C=O) groups is 4. The molecule has 0 aliphatic heterocycles.